The number of piperidine rings is 1. The van der Waals surface area contributed by atoms with Gasteiger partial charge in [-0.15, -0.1) is 24.8 Å². The molecule has 0 unspecified atom stereocenters. The minimum atomic E-state index is -0.547. The first-order valence-electron chi connectivity index (χ1n) is 6.63. The molecule has 126 valence electrons. The van der Waals surface area contributed by atoms with Gasteiger partial charge in [0.05, 0.1) is 23.4 Å². The van der Waals surface area contributed by atoms with Crippen LogP contribution >= 0.6 is 36.4 Å². The van der Waals surface area contributed by atoms with Crippen LogP contribution < -0.4 is 15.8 Å². The van der Waals surface area contributed by atoms with Crippen LogP contribution in [0.15, 0.2) is 12.1 Å². The van der Waals surface area contributed by atoms with Crippen molar-refractivity contribution < 1.29 is 9.53 Å². The van der Waals surface area contributed by atoms with Crippen molar-refractivity contribution in [2.24, 2.45) is 5.73 Å². The number of methoxy groups -OCH3 is 1. The Kier molecular flexibility index (Phi) is 8.93. The van der Waals surface area contributed by atoms with Gasteiger partial charge in [0.25, 0.3) is 5.91 Å². The number of carbonyl (C=O) groups is 1. The van der Waals surface area contributed by atoms with E-state index in [0.717, 1.165) is 31.6 Å². The van der Waals surface area contributed by atoms with E-state index in [4.69, 9.17) is 22.1 Å². The summed E-state index contributed by atoms with van der Waals surface area (Å²) in [6, 6.07) is 3.67. The van der Waals surface area contributed by atoms with E-state index >= 15 is 0 Å². The van der Waals surface area contributed by atoms with Crippen molar-refractivity contribution in [3.8, 4) is 5.75 Å². The first-order valence-corrected chi connectivity index (χ1v) is 7.01. The van der Waals surface area contributed by atoms with Crippen molar-refractivity contribution in [2.75, 3.05) is 32.6 Å². The Bertz CT molecular complexity index is 506. The van der Waals surface area contributed by atoms with Gasteiger partial charge >= 0.3 is 0 Å². The molecule has 0 bridgehead atoms. The Morgan fingerprint density at radius 2 is 1.95 bits per heavy atom. The van der Waals surface area contributed by atoms with E-state index in [2.05, 4.69) is 17.3 Å². The van der Waals surface area contributed by atoms with Crippen molar-refractivity contribution in [1.29, 1.82) is 0 Å². The maximum Gasteiger partial charge on any atom is 0.252 e. The Balaban J connectivity index is 0.00000220. The maximum atomic E-state index is 11.3. The molecule has 8 heteroatoms. The summed E-state index contributed by atoms with van der Waals surface area (Å²) in [6.07, 6.45) is 2.12. The number of nitrogens with two attached hydrogens (primary N) is 1. The van der Waals surface area contributed by atoms with E-state index in [1.165, 1.54) is 7.11 Å². The average Bonchev–Trinajstić information content (AvgIpc) is 2.42. The van der Waals surface area contributed by atoms with Crippen molar-refractivity contribution in [2.45, 2.75) is 18.9 Å². The van der Waals surface area contributed by atoms with Crippen molar-refractivity contribution in [3.63, 3.8) is 0 Å². The van der Waals surface area contributed by atoms with E-state index in [1.807, 2.05) is 0 Å². The summed E-state index contributed by atoms with van der Waals surface area (Å²) in [5, 5.41) is 3.90. The second-order valence-electron chi connectivity index (χ2n) is 5.12. The zero-order valence-electron chi connectivity index (χ0n) is 12.6. The standard InChI is InChI=1S/C14H20ClN3O2.2ClH/c1-18-5-3-9(4-6-18)17-12-8-13(20-2)10(14(16)19)7-11(12)15;;/h7-9,17H,3-6H2,1-2H3,(H2,16,19);2*1H. The molecule has 1 aromatic carbocycles. The van der Waals surface area contributed by atoms with Crippen LogP contribution in [-0.2, 0) is 0 Å². The number of halogens is 3. The monoisotopic (exact) mass is 369 g/mol. The van der Waals surface area contributed by atoms with Crippen LogP contribution in [0.25, 0.3) is 0 Å². The Morgan fingerprint density at radius 3 is 2.45 bits per heavy atom. The summed E-state index contributed by atoms with van der Waals surface area (Å²) in [5.74, 6) is -0.105. The molecule has 0 radical (unpaired) electrons. The minimum Gasteiger partial charge on any atom is -0.496 e. The number of hydrogen-bond donors (Lipinski definition) is 2. The predicted molar refractivity (Wildman–Crippen MR) is 95.2 cm³/mol. The van der Waals surface area contributed by atoms with Crippen LogP contribution in [0.4, 0.5) is 5.69 Å². The van der Waals surface area contributed by atoms with E-state index in [9.17, 15) is 4.79 Å². The Morgan fingerprint density at radius 1 is 1.36 bits per heavy atom. The highest BCUT2D eigenvalue weighted by Crippen LogP contribution is 2.32. The third-order valence-corrected chi connectivity index (χ3v) is 3.95. The number of carbonyl (C=O) groups excluding carboxylic acids is 1. The number of anilines is 1. The van der Waals surface area contributed by atoms with Crippen LogP contribution in [0.3, 0.4) is 0 Å². The van der Waals surface area contributed by atoms with Crippen molar-refractivity contribution in [1.82, 2.24) is 4.90 Å². The fourth-order valence-electron chi connectivity index (χ4n) is 2.40. The van der Waals surface area contributed by atoms with E-state index < -0.39 is 5.91 Å². The second-order valence-corrected chi connectivity index (χ2v) is 5.53. The molecule has 0 aromatic heterocycles. The lowest BCUT2D eigenvalue weighted by atomic mass is 10.0. The Hall–Kier alpha value is -0.880. The van der Waals surface area contributed by atoms with Gasteiger partial charge in [-0.3, -0.25) is 4.79 Å². The van der Waals surface area contributed by atoms with Gasteiger partial charge in [0.2, 0.25) is 0 Å². The van der Waals surface area contributed by atoms with Gasteiger partial charge in [-0.1, -0.05) is 11.6 Å². The average molecular weight is 371 g/mol. The molecule has 22 heavy (non-hydrogen) atoms. The van der Waals surface area contributed by atoms with Crippen molar-refractivity contribution >= 4 is 48.0 Å². The lowest BCUT2D eigenvalue weighted by Crippen LogP contribution is -2.36. The number of ether oxygens (including phenoxy) is 1. The van der Waals surface area contributed by atoms with Gasteiger partial charge in [0, 0.05) is 12.1 Å². The molecule has 0 spiro atoms. The molecule has 0 saturated carbocycles. The van der Waals surface area contributed by atoms with Crippen molar-refractivity contribution in [3.05, 3.63) is 22.7 Å². The minimum absolute atomic E-state index is 0. The molecule has 1 aliphatic heterocycles. The summed E-state index contributed by atoms with van der Waals surface area (Å²) in [7, 11) is 3.63. The van der Waals surface area contributed by atoms with Crippen LogP contribution in [0.2, 0.25) is 5.02 Å². The number of benzene rings is 1. The quantitative estimate of drug-likeness (QED) is 0.855. The maximum absolute atomic E-state index is 11.3. The molecule has 1 aromatic rings. The highest BCUT2D eigenvalue weighted by atomic mass is 35.5. The summed E-state index contributed by atoms with van der Waals surface area (Å²) in [6.45, 7) is 2.12. The number of hydrogen-bond acceptors (Lipinski definition) is 4. The van der Waals surface area contributed by atoms with Gasteiger partial charge in [-0.05, 0) is 39.0 Å². The lowest BCUT2D eigenvalue weighted by molar-refractivity contribution is 0.0997. The third kappa shape index (κ3) is 5.09. The highest BCUT2D eigenvalue weighted by Gasteiger charge is 2.19. The second kappa shape index (κ2) is 9.30. The zero-order valence-corrected chi connectivity index (χ0v) is 15.0. The smallest absolute Gasteiger partial charge is 0.252 e. The number of primary amides is 1. The Labute approximate surface area is 148 Å². The zero-order chi connectivity index (χ0) is 14.7. The van der Waals surface area contributed by atoms with Crippen LogP contribution in [0.5, 0.6) is 5.75 Å². The first kappa shape index (κ1) is 21.1. The highest BCUT2D eigenvalue weighted by molar-refractivity contribution is 6.33. The van der Waals surface area contributed by atoms with Gasteiger partial charge in [-0.2, -0.15) is 0 Å². The van der Waals surface area contributed by atoms with E-state index in [-0.39, 0.29) is 24.8 Å². The first-order chi connectivity index (χ1) is 9.51. The summed E-state index contributed by atoms with van der Waals surface area (Å²) in [5.41, 5.74) is 6.38. The third-order valence-electron chi connectivity index (χ3n) is 3.63. The fraction of sp³-hybridized carbons (Fsp3) is 0.500. The van der Waals surface area contributed by atoms with E-state index in [0.29, 0.717) is 22.4 Å². The molecule has 1 saturated heterocycles. The van der Waals surface area contributed by atoms with E-state index in [1.54, 1.807) is 12.1 Å². The molecule has 1 heterocycles. The molecule has 5 nitrogen and oxygen atoms in total. The topological polar surface area (TPSA) is 67.6 Å². The van der Waals surface area contributed by atoms with Crippen LogP contribution in [-0.4, -0.2) is 44.1 Å². The fourth-order valence-corrected chi connectivity index (χ4v) is 2.62. The number of amides is 1. The molecule has 1 aliphatic rings. The summed E-state index contributed by atoms with van der Waals surface area (Å²) >= 11 is 6.21. The molecule has 1 amide bonds. The molecule has 1 fully saturated rings. The predicted octanol–water partition coefficient (Wildman–Crippen LogP) is 2.80. The molecule has 3 N–H and O–H groups in total. The number of nitrogens with zero attached hydrogens (tertiary/aromatic N) is 1. The number of nitrogens with one attached hydrogen (secondary N) is 1. The van der Waals surface area contributed by atoms with Crippen LogP contribution in [0, 0.1) is 0 Å². The molecule has 0 atom stereocenters. The normalized spacial score (nSPS) is 15.4. The summed E-state index contributed by atoms with van der Waals surface area (Å²) < 4.78 is 5.20. The number of likely N-dealkylation sites (tertiary alicyclic amines) is 1. The molecule has 2 rings (SSSR count). The van der Waals surface area contributed by atoms with Gasteiger partial charge in [-0.25, -0.2) is 0 Å². The van der Waals surface area contributed by atoms with Gasteiger partial charge in [0.1, 0.15) is 5.75 Å². The molecule has 0 aliphatic carbocycles. The lowest BCUT2D eigenvalue weighted by Gasteiger charge is -2.30. The van der Waals surface area contributed by atoms with Crippen LogP contribution in [0.1, 0.15) is 23.2 Å². The van der Waals surface area contributed by atoms with Gasteiger partial charge < -0.3 is 20.7 Å². The molecular formula is C14H22Cl3N3O2. The summed E-state index contributed by atoms with van der Waals surface area (Å²) in [4.78, 5) is 13.6. The SMILES string of the molecule is COc1cc(NC2CCN(C)CC2)c(Cl)cc1C(N)=O.Cl.Cl. The number of rotatable bonds is 4. The van der Waals surface area contributed by atoms with Gasteiger partial charge in [0.15, 0.2) is 0 Å². The molecular weight excluding hydrogens is 349 g/mol. The largest absolute Gasteiger partial charge is 0.496 e.